The van der Waals surface area contributed by atoms with Gasteiger partial charge in [-0.05, 0) is 31.9 Å². The number of carbonyl (C=O) groups is 1. The molecule has 2 atom stereocenters. The number of pyridine rings is 1. The average molecular weight is 438 g/mol. The fourth-order valence-electron chi connectivity index (χ4n) is 3.97. The Labute approximate surface area is 185 Å². The van der Waals surface area contributed by atoms with Gasteiger partial charge in [0.1, 0.15) is 24.2 Å². The van der Waals surface area contributed by atoms with E-state index in [0.717, 1.165) is 18.7 Å². The Bertz CT molecular complexity index is 1040. The largest absolute Gasteiger partial charge is 0.489 e. The number of rotatable bonds is 6. The summed E-state index contributed by atoms with van der Waals surface area (Å²) in [5, 5.41) is 15.0. The number of nitrogens with zero attached hydrogens (tertiary/aromatic N) is 5. The minimum absolute atomic E-state index is 0.0960. The van der Waals surface area contributed by atoms with Crippen LogP contribution in [0.1, 0.15) is 30.4 Å². The molecular formula is C22H26N6O4. The Balaban J connectivity index is 1.20. The summed E-state index contributed by atoms with van der Waals surface area (Å²) in [7, 11) is 0. The third-order valence-electron chi connectivity index (χ3n) is 5.91. The maximum atomic E-state index is 12.7. The van der Waals surface area contributed by atoms with Gasteiger partial charge >= 0.3 is 0 Å². The van der Waals surface area contributed by atoms with E-state index in [2.05, 4.69) is 26.2 Å². The van der Waals surface area contributed by atoms with Crippen molar-refractivity contribution in [2.24, 2.45) is 0 Å². The quantitative estimate of drug-likeness (QED) is 0.709. The molecule has 0 aromatic carbocycles. The molecule has 2 saturated heterocycles. The van der Waals surface area contributed by atoms with Gasteiger partial charge in [0, 0.05) is 32.4 Å². The molecule has 0 saturated carbocycles. The second-order valence-corrected chi connectivity index (χ2v) is 8.05. The summed E-state index contributed by atoms with van der Waals surface area (Å²) < 4.78 is 11.7. The second kappa shape index (κ2) is 9.78. The summed E-state index contributed by atoms with van der Waals surface area (Å²) in [5.74, 6) is 1.37. The first-order chi connectivity index (χ1) is 15.5. The predicted octanol–water partition coefficient (Wildman–Crippen LogP) is 1.01. The molecule has 4 heterocycles. The lowest BCUT2D eigenvalue weighted by Gasteiger charge is -2.35. The third-order valence-corrected chi connectivity index (χ3v) is 5.91. The van der Waals surface area contributed by atoms with Crippen molar-refractivity contribution in [2.45, 2.75) is 38.4 Å². The maximum Gasteiger partial charge on any atom is 0.270 e. The van der Waals surface area contributed by atoms with E-state index in [-0.39, 0.29) is 23.7 Å². The summed E-state index contributed by atoms with van der Waals surface area (Å²) in [6.07, 6.45) is 4.81. The number of aromatic nitrogens is 3. The molecule has 168 valence electrons. The van der Waals surface area contributed by atoms with E-state index < -0.39 is 0 Å². The zero-order chi connectivity index (χ0) is 22.5. The molecule has 0 aliphatic carbocycles. The van der Waals surface area contributed by atoms with Crippen LogP contribution >= 0.6 is 0 Å². The number of aromatic amines is 1. The van der Waals surface area contributed by atoms with Crippen LogP contribution in [0.2, 0.25) is 0 Å². The number of piperazine rings is 1. The number of carbonyl (C=O) groups excluding carboxylic acids is 1. The summed E-state index contributed by atoms with van der Waals surface area (Å²) >= 11 is 0. The van der Waals surface area contributed by atoms with E-state index in [1.807, 2.05) is 11.0 Å². The van der Waals surface area contributed by atoms with Crippen LogP contribution in [0.15, 0.2) is 29.3 Å². The molecule has 0 unspecified atom stereocenters. The van der Waals surface area contributed by atoms with Gasteiger partial charge < -0.3 is 19.3 Å². The SMILES string of the molecule is Cc1c(OC[C@@H]2CC[C@@H](CC(=O)N3CCN(c4ccc(C#N)cn4)CC3)O2)cn[nH]c1=O. The van der Waals surface area contributed by atoms with Gasteiger partial charge in [0.05, 0.1) is 36.0 Å². The second-order valence-electron chi connectivity index (χ2n) is 8.05. The first-order valence-corrected chi connectivity index (χ1v) is 10.7. The van der Waals surface area contributed by atoms with Crippen LogP contribution < -0.4 is 15.2 Å². The predicted molar refractivity (Wildman–Crippen MR) is 115 cm³/mol. The van der Waals surface area contributed by atoms with Crippen LogP contribution in [0.25, 0.3) is 0 Å². The van der Waals surface area contributed by atoms with Gasteiger partial charge in [-0.3, -0.25) is 9.59 Å². The van der Waals surface area contributed by atoms with Crippen molar-refractivity contribution >= 4 is 11.7 Å². The van der Waals surface area contributed by atoms with Crippen LogP contribution in [-0.4, -0.2) is 71.0 Å². The molecule has 2 aliphatic heterocycles. The molecule has 4 rings (SSSR count). The number of H-pyrrole nitrogens is 1. The highest BCUT2D eigenvalue weighted by Crippen LogP contribution is 2.24. The van der Waals surface area contributed by atoms with Crippen molar-refractivity contribution in [3.63, 3.8) is 0 Å². The number of nitrogens with one attached hydrogen (secondary N) is 1. The molecule has 2 aromatic heterocycles. The topological polar surface area (TPSA) is 124 Å². The van der Waals surface area contributed by atoms with Crippen LogP contribution in [0.5, 0.6) is 5.75 Å². The number of amides is 1. The lowest BCUT2D eigenvalue weighted by Crippen LogP contribution is -2.49. The lowest BCUT2D eigenvalue weighted by atomic mass is 10.1. The zero-order valence-corrected chi connectivity index (χ0v) is 18.0. The highest BCUT2D eigenvalue weighted by molar-refractivity contribution is 5.77. The molecule has 2 fully saturated rings. The van der Waals surface area contributed by atoms with Gasteiger partial charge in [0.15, 0.2) is 0 Å². The van der Waals surface area contributed by atoms with Crippen molar-refractivity contribution in [3.8, 4) is 11.8 Å². The number of hydrogen-bond donors (Lipinski definition) is 1. The number of ether oxygens (including phenoxy) is 2. The van der Waals surface area contributed by atoms with Crippen LogP contribution in [-0.2, 0) is 9.53 Å². The summed E-state index contributed by atoms with van der Waals surface area (Å²) in [6, 6.07) is 5.66. The average Bonchev–Trinajstić information content (AvgIpc) is 3.27. The van der Waals surface area contributed by atoms with Crippen LogP contribution in [0, 0.1) is 18.3 Å². The lowest BCUT2D eigenvalue weighted by molar-refractivity contribution is -0.134. The minimum atomic E-state index is -0.270. The van der Waals surface area contributed by atoms with E-state index in [1.54, 1.807) is 19.2 Å². The Morgan fingerprint density at radius 3 is 2.75 bits per heavy atom. The molecule has 0 radical (unpaired) electrons. The molecule has 2 aromatic rings. The first kappa shape index (κ1) is 21.8. The van der Waals surface area contributed by atoms with Gasteiger partial charge in [-0.25, -0.2) is 10.1 Å². The molecule has 10 nitrogen and oxygen atoms in total. The Kier molecular flexibility index (Phi) is 6.66. The van der Waals surface area contributed by atoms with Gasteiger partial charge in [-0.1, -0.05) is 0 Å². The van der Waals surface area contributed by atoms with Crippen molar-refractivity contribution in [3.05, 3.63) is 46.0 Å². The number of hydrogen-bond acceptors (Lipinski definition) is 8. The molecule has 1 N–H and O–H groups in total. The Morgan fingerprint density at radius 1 is 1.25 bits per heavy atom. The maximum absolute atomic E-state index is 12.7. The van der Waals surface area contributed by atoms with Gasteiger partial charge in [0.2, 0.25) is 5.91 Å². The monoisotopic (exact) mass is 438 g/mol. The molecule has 2 aliphatic rings. The van der Waals surface area contributed by atoms with Crippen molar-refractivity contribution < 1.29 is 14.3 Å². The van der Waals surface area contributed by atoms with E-state index in [0.29, 0.717) is 56.1 Å². The number of nitriles is 1. The highest BCUT2D eigenvalue weighted by atomic mass is 16.5. The van der Waals surface area contributed by atoms with E-state index in [9.17, 15) is 9.59 Å². The molecular weight excluding hydrogens is 412 g/mol. The molecule has 0 spiro atoms. The van der Waals surface area contributed by atoms with Gasteiger partial charge in [0.25, 0.3) is 5.56 Å². The van der Waals surface area contributed by atoms with Gasteiger partial charge in [-0.2, -0.15) is 10.4 Å². The Hall–Kier alpha value is -3.45. The van der Waals surface area contributed by atoms with E-state index >= 15 is 0 Å². The third kappa shape index (κ3) is 5.06. The fourth-order valence-corrected chi connectivity index (χ4v) is 3.97. The highest BCUT2D eigenvalue weighted by Gasteiger charge is 2.30. The van der Waals surface area contributed by atoms with E-state index in [1.165, 1.54) is 6.20 Å². The van der Waals surface area contributed by atoms with Crippen LogP contribution in [0.3, 0.4) is 0 Å². The smallest absolute Gasteiger partial charge is 0.270 e. The molecule has 1 amide bonds. The fraction of sp³-hybridized carbons (Fsp3) is 0.500. The van der Waals surface area contributed by atoms with Crippen molar-refractivity contribution in [2.75, 3.05) is 37.7 Å². The molecule has 32 heavy (non-hydrogen) atoms. The summed E-state index contributed by atoms with van der Waals surface area (Å²) in [4.78, 5) is 32.7. The van der Waals surface area contributed by atoms with E-state index in [4.69, 9.17) is 14.7 Å². The van der Waals surface area contributed by atoms with Crippen molar-refractivity contribution in [1.82, 2.24) is 20.1 Å². The first-order valence-electron chi connectivity index (χ1n) is 10.7. The summed E-state index contributed by atoms with van der Waals surface area (Å²) in [5.41, 5.74) is 0.750. The summed E-state index contributed by atoms with van der Waals surface area (Å²) in [6.45, 7) is 4.69. The standard InChI is InChI=1S/C22H26N6O4/c1-15-19(13-25-26-22(15)30)31-14-18-4-3-17(32-18)10-21(29)28-8-6-27(7-9-28)20-5-2-16(11-23)12-24-20/h2,5,12-13,17-18H,3-4,6-10,14H2,1H3,(H,26,30)/t17-,18-/m0/s1. The Morgan fingerprint density at radius 2 is 2.03 bits per heavy atom. The van der Waals surface area contributed by atoms with Crippen molar-refractivity contribution in [1.29, 1.82) is 5.26 Å². The van der Waals surface area contributed by atoms with Crippen LogP contribution in [0.4, 0.5) is 5.82 Å². The van der Waals surface area contributed by atoms with Gasteiger partial charge in [-0.15, -0.1) is 0 Å². The number of anilines is 1. The minimum Gasteiger partial charge on any atom is -0.489 e. The zero-order valence-electron chi connectivity index (χ0n) is 18.0. The molecule has 10 heteroatoms. The normalized spacial score (nSPS) is 20.8. The molecule has 0 bridgehead atoms.